The molecule has 0 aliphatic heterocycles. The van der Waals surface area contributed by atoms with E-state index >= 15 is 0 Å². The minimum Gasteiger partial charge on any atom is -0.339 e. The van der Waals surface area contributed by atoms with Crippen LogP contribution in [0.15, 0.2) is 34.9 Å². The fourth-order valence-corrected chi connectivity index (χ4v) is 1.60. The molecule has 0 radical (unpaired) electrons. The molecule has 1 aromatic heterocycles. The Kier molecular flexibility index (Phi) is 4.27. The molecule has 1 heterocycles. The van der Waals surface area contributed by atoms with E-state index in [2.05, 4.69) is 34.5 Å². The molecule has 0 atom stereocenters. The summed E-state index contributed by atoms with van der Waals surface area (Å²) in [6, 6.07) is 10.3. The lowest BCUT2D eigenvalue weighted by molar-refractivity contribution is 0.371. The molecule has 1 aromatic carbocycles. The monoisotopic (exact) mass is 231 g/mol. The Morgan fingerprint density at radius 3 is 2.76 bits per heavy atom. The van der Waals surface area contributed by atoms with Gasteiger partial charge in [-0.1, -0.05) is 42.4 Å². The molecular weight excluding hydrogens is 214 g/mol. The van der Waals surface area contributed by atoms with Crippen LogP contribution in [0.2, 0.25) is 0 Å². The van der Waals surface area contributed by atoms with Crippen molar-refractivity contribution in [2.24, 2.45) is 0 Å². The predicted molar refractivity (Wildman–Crippen MR) is 65.5 cm³/mol. The summed E-state index contributed by atoms with van der Waals surface area (Å²) in [7, 11) is 0. The van der Waals surface area contributed by atoms with Crippen molar-refractivity contribution in [2.75, 3.05) is 6.54 Å². The van der Waals surface area contributed by atoms with Gasteiger partial charge in [0.15, 0.2) is 5.82 Å². The smallest absolute Gasteiger partial charge is 0.227 e. The minimum atomic E-state index is 0.672. The van der Waals surface area contributed by atoms with Gasteiger partial charge in [-0.05, 0) is 18.5 Å². The second-order valence-corrected chi connectivity index (χ2v) is 3.87. The van der Waals surface area contributed by atoms with Crippen LogP contribution >= 0.6 is 0 Å². The predicted octanol–water partition coefficient (Wildman–Crippen LogP) is 1.96. The van der Waals surface area contributed by atoms with Crippen molar-refractivity contribution < 1.29 is 4.52 Å². The number of aryl methyl sites for hydroxylation is 2. The van der Waals surface area contributed by atoms with Gasteiger partial charge in [0.2, 0.25) is 5.89 Å². The first-order chi connectivity index (χ1) is 8.38. The van der Waals surface area contributed by atoms with Crippen LogP contribution in [0.25, 0.3) is 0 Å². The summed E-state index contributed by atoms with van der Waals surface area (Å²) in [5, 5.41) is 7.08. The topological polar surface area (TPSA) is 51.0 Å². The van der Waals surface area contributed by atoms with Gasteiger partial charge < -0.3 is 9.84 Å². The van der Waals surface area contributed by atoms with Crippen LogP contribution < -0.4 is 5.32 Å². The van der Waals surface area contributed by atoms with E-state index in [-0.39, 0.29) is 0 Å². The average Bonchev–Trinajstić information content (AvgIpc) is 2.83. The number of nitrogens with one attached hydrogen (secondary N) is 1. The molecule has 0 unspecified atom stereocenters. The number of aromatic nitrogens is 2. The van der Waals surface area contributed by atoms with E-state index in [1.165, 1.54) is 5.56 Å². The molecular formula is C13H17N3O. The van der Waals surface area contributed by atoms with E-state index in [9.17, 15) is 0 Å². The highest BCUT2D eigenvalue weighted by atomic mass is 16.5. The van der Waals surface area contributed by atoms with E-state index < -0.39 is 0 Å². The molecule has 0 saturated carbocycles. The van der Waals surface area contributed by atoms with Gasteiger partial charge in [0, 0.05) is 6.42 Å². The average molecular weight is 231 g/mol. The fraction of sp³-hybridized carbons (Fsp3) is 0.385. The van der Waals surface area contributed by atoms with Crippen molar-refractivity contribution in [3.63, 3.8) is 0 Å². The quantitative estimate of drug-likeness (QED) is 0.825. The zero-order valence-corrected chi connectivity index (χ0v) is 10.0. The van der Waals surface area contributed by atoms with Gasteiger partial charge in [0.1, 0.15) is 0 Å². The number of hydrogen-bond acceptors (Lipinski definition) is 4. The lowest BCUT2D eigenvalue weighted by Crippen LogP contribution is -2.12. The summed E-state index contributed by atoms with van der Waals surface area (Å²) in [4.78, 5) is 4.32. The van der Waals surface area contributed by atoms with Crippen molar-refractivity contribution in [1.29, 1.82) is 0 Å². The third-order valence-corrected chi connectivity index (χ3v) is 2.51. The van der Waals surface area contributed by atoms with Crippen molar-refractivity contribution >= 4 is 0 Å². The summed E-state index contributed by atoms with van der Waals surface area (Å²) >= 11 is 0. The Morgan fingerprint density at radius 1 is 1.18 bits per heavy atom. The number of benzene rings is 1. The highest BCUT2D eigenvalue weighted by Crippen LogP contribution is 2.05. The van der Waals surface area contributed by atoms with Gasteiger partial charge in [0.25, 0.3) is 0 Å². The van der Waals surface area contributed by atoms with Crippen LogP contribution in [-0.2, 0) is 19.4 Å². The van der Waals surface area contributed by atoms with Gasteiger partial charge in [0.05, 0.1) is 6.54 Å². The maximum atomic E-state index is 5.18. The van der Waals surface area contributed by atoms with E-state index in [0.717, 1.165) is 25.2 Å². The molecule has 90 valence electrons. The second-order valence-electron chi connectivity index (χ2n) is 3.87. The second kappa shape index (κ2) is 6.15. The SMILES string of the molecule is CCNCc1noc(CCc2ccccc2)n1. The molecule has 1 N–H and O–H groups in total. The fourth-order valence-electron chi connectivity index (χ4n) is 1.60. The molecule has 4 nitrogen and oxygen atoms in total. The van der Waals surface area contributed by atoms with E-state index in [1.54, 1.807) is 0 Å². The largest absolute Gasteiger partial charge is 0.339 e. The van der Waals surface area contributed by atoms with Crippen molar-refractivity contribution in [2.45, 2.75) is 26.3 Å². The third kappa shape index (κ3) is 3.67. The Bertz CT molecular complexity index is 439. The minimum absolute atomic E-state index is 0.672. The Morgan fingerprint density at radius 2 is 2.00 bits per heavy atom. The molecule has 17 heavy (non-hydrogen) atoms. The first kappa shape index (κ1) is 11.8. The summed E-state index contributed by atoms with van der Waals surface area (Å²) in [6.45, 7) is 3.63. The molecule has 0 amide bonds. The molecule has 0 fully saturated rings. The summed E-state index contributed by atoms with van der Waals surface area (Å²) in [5.74, 6) is 1.44. The first-order valence-electron chi connectivity index (χ1n) is 5.94. The van der Waals surface area contributed by atoms with Crippen LogP contribution in [0.4, 0.5) is 0 Å². The van der Waals surface area contributed by atoms with Crippen molar-refractivity contribution in [1.82, 2.24) is 15.5 Å². The van der Waals surface area contributed by atoms with Crippen LogP contribution in [0.3, 0.4) is 0 Å². The van der Waals surface area contributed by atoms with Crippen LogP contribution in [0.5, 0.6) is 0 Å². The van der Waals surface area contributed by atoms with Crippen LogP contribution in [-0.4, -0.2) is 16.7 Å². The standard InChI is InChI=1S/C13H17N3O/c1-2-14-10-12-15-13(17-16-12)9-8-11-6-4-3-5-7-11/h3-7,14H,2,8-10H2,1H3. The summed E-state index contributed by atoms with van der Waals surface area (Å²) < 4.78 is 5.18. The molecule has 0 saturated heterocycles. The molecule has 0 aliphatic rings. The highest BCUT2D eigenvalue weighted by molar-refractivity contribution is 5.15. The maximum Gasteiger partial charge on any atom is 0.227 e. The molecule has 2 rings (SSSR count). The van der Waals surface area contributed by atoms with E-state index in [4.69, 9.17) is 4.52 Å². The van der Waals surface area contributed by atoms with Crippen molar-refractivity contribution in [3.8, 4) is 0 Å². The molecule has 0 aliphatic carbocycles. The number of hydrogen-bond donors (Lipinski definition) is 1. The van der Waals surface area contributed by atoms with Gasteiger partial charge in [-0.2, -0.15) is 4.98 Å². The number of rotatable bonds is 6. The van der Waals surface area contributed by atoms with Crippen LogP contribution in [0.1, 0.15) is 24.2 Å². The Hall–Kier alpha value is -1.68. The Balaban J connectivity index is 1.85. The molecule has 0 bridgehead atoms. The lowest BCUT2D eigenvalue weighted by Gasteiger charge is -1.96. The van der Waals surface area contributed by atoms with E-state index in [1.807, 2.05) is 18.2 Å². The molecule has 0 spiro atoms. The third-order valence-electron chi connectivity index (χ3n) is 2.51. The van der Waals surface area contributed by atoms with Crippen LogP contribution in [0, 0.1) is 0 Å². The Labute approximate surface area is 101 Å². The summed E-state index contributed by atoms with van der Waals surface area (Å²) in [5.41, 5.74) is 1.29. The van der Waals surface area contributed by atoms with Gasteiger partial charge >= 0.3 is 0 Å². The van der Waals surface area contributed by atoms with Crippen molar-refractivity contribution in [3.05, 3.63) is 47.6 Å². The zero-order chi connectivity index (χ0) is 11.9. The lowest BCUT2D eigenvalue weighted by atomic mass is 10.1. The highest BCUT2D eigenvalue weighted by Gasteiger charge is 2.05. The summed E-state index contributed by atoms with van der Waals surface area (Å²) in [6.07, 6.45) is 1.73. The molecule has 4 heteroatoms. The van der Waals surface area contributed by atoms with Gasteiger partial charge in [-0.25, -0.2) is 0 Å². The van der Waals surface area contributed by atoms with E-state index in [0.29, 0.717) is 12.4 Å². The maximum absolute atomic E-state index is 5.18. The first-order valence-corrected chi connectivity index (χ1v) is 5.94. The number of nitrogens with zero attached hydrogens (tertiary/aromatic N) is 2. The zero-order valence-electron chi connectivity index (χ0n) is 10.0. The van der Waals surface area contributed by atoms with Gasteiger partial charge in [-0.15, -0.1) is 0 Å². The normalized spacial score (nSPS) is 10.6. The van der Waals surface area contributed by atoms with Gasteiger partial charge in [-0.3, -0.25) is 0 Å². The molecule has 2 aromatic rings.